The van der Waals surface area contributed by atoms with E-state index >= 15 is 0 Å². The molecule has 1 saturated heterocycles. The molecule has 23 nitrogen and oxygen atoms in total. The van der Waals surface area contributed by atoms with Crippen LogP contribution in [0.5, 0.6) is 5.75 Å². The zero-order valence-corrected chi connectivity index (χ0v) is 52.1. The second-order valence-electron chi connectivity index (χ2n) is 22.5. The lowest BCUT2D eigenvalue weighted by molar-refractivity contribution is -0.150. The van der Waals surface area contributed by atoms with Gasteiger partial charge in [-0.25, -0.2) is 4.98 Å². The number of imide groups is 1. The van der Waals surface area contributed by atoms with Crippen molar-refractivity contribution in [1.29, 1.82) is 0 Å². The zero-order valence-electron chi connectivity index (χ0n) is 50.5. The normalized spacial score (nSPS) is 16.1. The number of phenols is 1. The quantitative estimate of drug-likeness (QED) is 0.0199. The van der Waals surface area contributed by atoms with Crippen LogP contribution in [0.1, 0.15) is 153 Å². The number of aromatic nitrogens is 1. The second-order valence-corrected chi connectivity index (χ2v) is 24.4. The van der Waals surface area contributed by atoms with E-state index in [4.69, 9.17) is 15.2 Å². The highest BCUT2D eigenvalue weighted by molar-refractivity contribution is 8.00. The summed E-state index contributed by atoms with van der Waals surface area (Å²) in [6.45, 7) is 14.8. The molecule has 3 rings (SSSR count). The zero-order chi connectivity index (χ0) is 62.3. The van der Waals surface area contributed by atoms with Gasteiger partial charge >= 0.3 is 11.9 Å². The highest BCUT2D eigenvalue weighted by Crippen LogP contribution is 2.34. The molecule has 1 fully saturated rings. The number of ether oxygens (including phenoxy) is 2. The molecule has 2 heterocycles. The molecule has 83 heavy (non-hydrogen) atoms. The van der Waals surface area contributed by atoms with Crippen LogP contribution in [0.2, 0.25) is 0 Å². The molecule has 0 saturated carbocycles. The van der Waals surface area contributed by atoms with Gasteiger partial charge in [-0.2, -0.15) is 11.8 Å². The number of anilines is 1. The lowest BCUT2D eigenvalue weighted by Crippen LogP contribution is -2.50. The number of carbonyl (C=O) groups excluding carboxylic acids is 9. The van der Waals surface area contributed by atoms with Crippen LogP contribution in [0.4, 0.5) is 5.69 Å². The van der Waals surface area contributed by atoms with Crippen LogP contribution >= 0.6 is 23.1 Å². The third kappa shape index (κ3) is 22.5. The maximum absolute atomic E-state index is 14.4. The van der Waals surface area contributed by atoms with E-state index in [9.17, 15) is 58.2 Å². The summed E-state index contributed by atoms with van der Waals surface area (Å²) in [6.07, 6.45) is 3.58. The Morgan fingerprint density at radius 2 is 1.66 bits per heavy atom. The number of aromatic hydroxyl groups is 1. The van der Waals surface area contributed by atoms with E-state index in [1.54, 1.807) is 24.3 Å². The maximum atomic E-state index is 14.4. The molecule has 0 aliphatic carbocycles. The summed E-state index contributed by atoms with van der Waals surface area (Å²) in [4.78, 5) is 139. The number of thioether (sulfide) groups is 1. The number of likely N-dealkylation sites (N-methyl/N-ethyl adjacent to an activating group) is 1. The Bertz CT molecular complexity index is 2540. The molecule has 1 aliphatic heterocycles. The molecule has 25 heteroatoms. The highest BCUT2D eigenvalue weighted by atomic mass is 32.2. The average Bonchev–Trinajstić information content (AvgIpc) is 4.21. The molecule has 0 bridgehead atoms. The molecule has 464 valence electrons. The first-order valence-electron chi connectivity index (χ1n) is 28.5. The van der Waals surface area contributed by atoms with Crippen molar-refractivity contribution in [1.82, 2.24) is 35.6 Å². The molecule has 2 unspecified atom stereocenters. The summed E-state index contributed by atoms with van der Waals surface area (Å²) in [5.74, 6) is -6.41. The first-order valence-corrected chi connectivity index (χ1v) is 30.7. The predicted octanol–water partition coefficient (Wildman–Crippen LogP) is 5.09. The minimum atomic E-state index is -1.09. The Labute approximate surface area is 497 Å². The van der Waals surface area contributed by atoms with Gasteiger partial charge in [0.1, 0.15) is 22.5 Å². The summed E-state index contributed by atoms with van der Waals surface area (Å²) < 4.78 is 11.4. The number of unbranched alkanes of at least 4 members (excludes halogenated alkanes) is 1. The summed E-state index contributed by atoms with van der Waals surface area (Å²) in [7, 11) is 5.34. The number of Topliss-reactive ketones (excluding diaryl/α,β-unsaturated/α-hetero) is 1. The van der Waals surface area contributed by atoms with Crippen molar-refractivity contribution in [2.75, 3.05) is 65.6 Å². The van der Waals surface area contributed by atoms with Gasteiger partial charge in [0.05, 0.1) is 42.0 Å². The van der Waals surface area contributed by atoms with E-state index in [0.717, 1.165) is 11.3 Å². The van der Waals surface area contributed by atoms with Crippen LogP contribution in [0, 0.1) is 23.7 Å². The van der Waals surface area contributed by atoms with Gasteiger partial charge in [0.15, 0.2) is 11.9 Å². The van der Waals surface area contributed by atoms with Gasteiger partial charge in [0, 0.05) is 76.1 Å². The number of hydrogen-bond donors (Lipinski definition) is 7. The number of carbonyl (C=O) groups is 10. The molecule has 0 radical (unpaired) electrons. The molecule has 0 spiro atoms. The summed E-state index contributed by atoms with van der Waals surface area (Å²) in [5, 5.41) is 33.0. The molecule has 1 aromatic carbocycles. The summed E-state index contributed by atoms with van der Waals surface area (Å²) in [6, 6.07) is 2.35. The third-order valence-corrected chi connectivity index (χ3v) is 17.2. The summed E-state index contributed by atoms with van der Waals surface area (Å²) >= 11 is 2.40. The maximum Gasteiger partial charge on any atom is 0.306 e. The van der Waals surface area contributed by atoms with Crippen LogP contribution in [0.15, 0.2) is 23.6 Å². The van der Waals surface area contributed by atoms with Crippen molar-refractivity contribution in [2.45, 2.75) is 167 Å². The van der Waals surface area contributed by atoms with Gasteiger partial charge < -0.3 is 51.6 Å². The number of nitrogens with two attached hydrogens (primary N) is 1. The van der Waals surface area contributed by atoms with Crippen molar-refractivity contribution in [2.24, 2.45) is 29.4 Å². The fraction of sp³-hybridized carbons (Fsp3) is 0.672. The largest absolute Gasteiger partial charge is 0.506 e. The van der Waals surface area contributed by atoms with Gasteiger partial charge in [-0.3, -0.25) is 57.7 Å². The van der Waals surface area contributed by atoms with Crippen molar-refractivity contribution >= 4 is 87.9 Å². The van der Waals surface area contributed by atoms with E-state index in [2.05, 4.69) is 26.3 Å². The standard InChI is InChI=1S/C58H91N9O14S2/c1-13-35(4)40(30-48(70)58(7,8)65(9)10)55(76)66(11)44(34(2)3)31-46(81-37(6)68)54-64-43(33-83-54)53(75)61-39(27-36(5)57(78)79)28-38-19-20-45(69)42(29-38)63-50(72)21-25-80-26-23-60-52(74)41(17-14-15-22-59)62-49(71)18-16-24-67-51(73)32-47(82-12)56(67)77/h19-20,29,33-36,39-41,44,46-47,69H,13-18,21-28,30-32,59H2,1-12H3,(H,60,74)(H,61,75)(H,62,71)(H,63,72)(H,78,79)/t35-,36?,39+,40-,41-,44+,46+,47?/m0/s1. The van der Waals surface area contributed by atoms with Gasteiger partial charge in [0.25, 0.3) is 5.91 Å². The van der Waals surface area contributed by atoms with Crippen LogP contribution in [0.3, 0.4) is 0 Å². The van der Waals surface area contributed by atoms with E-state index in [-0.39, 0.29) is 130 Å². The van der Waals surface area contributed by atoms with Crippen LogP contribution < -0.4 is 27.0 Å². The molecule has 7 amide bonds. The molecule has 8 atom stereocenters. The number of hydrogen-bond acceptors (Lipinski definition) is 18. The van der Waals surface area contributed by atoms with Crippen molar-refractivity contribution < 1.29 is 67.6 Å². The predicted molar refractivity (Wildman–Crippen MR) is 317 cm³/mol. The monoisotopic (exact) mass is 1200 g/mol. The summed E-state index contributed by atoms with van der Waals surface area (Å²) in [5.41, 5.74) is 5.44. The first-order chi connectivity index (χ1) is 39.1. The number of amides is 7. The third-order valence-electron chi connectivity index (χ3n) is 15.4. The Morgan fingerprint density at radius 1 is 0.964 bits per heavy atom. The fourth-order valence-electron chi connectivity index (χ4n) is 9.40. The Kier molecular flexibility index (Phi) is 29.8. The van der Waals surface area contributed by atoms with Gasteiger partial charge in [-0.1, -0.05) is 47.1 Å². The molecule has 2 aromatic rings. The van der Waals surface area contributed by atoms with Gasteiger partial charge in [0.2, 0.25) is 35.4 Å². The van der Waals surface area contributed by atoms with Gasteiger partial charge in [-0.05, 0) is 109 Å². The number of phenolic OH excluding ortho intramolecular Hbond substituents is 1. The number of carboxylic acid groups (broad SMARTS) is 1. The first kappa shape index (κ1) is 71.2. The average molecular weight is 1200 g/mol. The van der Waals surface area contributed by atoms with Crippen LogP contribution in [-0.2, 0) is 59.0 Å². The van der Waals surface area contributed by atoms with E-state index in [0.29, 0.717) is 42.8 Å². The van der Waals surface area contributed by atoms with Crippen LogP contribution in [-0.4, -0.2) is 178 Å². The molecule has 8 N–H and O–H groups in total. The number of likely N-dealkylation sites (tertiary alicyclic amines) is 1. The molecular formula is C58H91N9O14S2. The van der Waals surface area contributed by atoms with E-state index in [1.807, 2.05) is 60.5 Å². The number of nitrogens with zero attached hydrogens (tertiary/aromatic N) is 4. The van der Waals surface area contributed by atoms with Crippen LogP contribution in [0.25, 0.3) is 0 Å². The van der Waals surface area contributed by atoms with Crippen molar-refractivity contribution in [3.63, 3.8) is 0 Å². The molecule has 1 aliphatic rings. The lowest BCUT2D eigenvalue weighted by Gasteiger charge is -2.38. The highest BCUT2D eigenvalue weighted by Gasteiger charge is 2.40. The minimum absolute atomic E-state index is 0.00350. The number of benzene rings is 1. The van der Waals surface area contributed by atoms with Crippen molar-refractivity contribution in [3.05, 3.63) is 39.8 Å². The Hall–Kier alpha value is -6.02. The number of rotatable bonds is 38. The van der Waals surface area contributed by atoms with E-state index in [1.165, 1.54) is 48.0 Å². The molecule has 1 aromatic heterocycles. The Balaban J connectivity index is 1.64. The van der Waals surface area contributed by atoms with Gasteiger partial charge in [-0.15, -0.1) is 11.3 Å². The number of nitrogens with one attached hydrogen (secondary N) is 4. The smallest absolute Gasteiger partial charge is 0.306 e. The second kappa shape index (κ2) is 34.7. The lowest BCUT2D eigenvalue weighted by atomic mass is 9.81. The number of carboxylic acids is 1. The SMILES string of the molecule is CC[C@H](C)[C@H](CC(=O)C(C)(C)N(C)C)C(=O)N(C)[C@H](C[C@@H](OC(C)=O)c1nc(C(=O)N[C@@H](Cc2ccc(O)c(NC(=O)CCOCCNC(=O)[C@H](CCCCN)NC(=O)CCCN3C(=O)CC(SC)C3=O)c2)CC(C)C(=O)O)cs1)C(C)C. The topological polar surface area (TPSA) is 326 Å². The number of esters is 1. The minimum Gasteiger partial charge on any atom is -0.506 e. The number of ketones is 1. The fourth-order valence-corrected chi connectivity index (χ4v) is 10.9. The number of aliphatic carboxylic acids is 1. The number of thiazole rings is 1. The molecular weight excluding hydrogens is 1110 g/mol. The Morgan fingerprint density at radius 3 is 2.27 bits per heavy atom. The van der Waals surface area contributed by atoms with Crippen molar-refractivity contribution in [3.8, 4) is 5.75 Å². The van der Waals surface area contributed by atoms with E-state index < -0.39 is 82.4 Å².